The van der Waals surface area contributed by atoms with Gasteiger partial charge in [-0.1, -0.05) is 18.2 Å². The number of hydrogen-bond acceptors (Lipinski definition) is 3. The third kappa shape index (κ3) is 3.06. The zero-order valence-electron chi connectivity index (χ0n) is 10.3. The van der Waals surface area contributed by atoms with Gasteiger partial charge < -0.3 is 9.84 Å². The Hall–Kier alpha value is -2.01. The fourth-order valence-corrected chi connectivity index (χ4v) is 1.84. The fraction of sp³-hybridized carbons (Fsp3) is 0.214. The quantitative estimate of drug-likeness (QED) is 0.923. The Morgan fingerprint density at radius 1 is 1.16 bits per heavy atom. The number of aliphatic hydroxyl groups excluding tert-OH is 1. The molecule has 3 nitrogen and oxygen atoms in total. The Kier molecular flexibility index (Phi) is 4.06. The number of aromatic nitrogens is 1. The van der Waals surface area contributed by atoms with Gasteiger partial charge >= 0.3 is 6.61 Å². The van der Waals surface area contributed by atoms with Crippen molar-refractivity contribution in [3.05, 3.63) is 59.4 Å². The van der Waals surface area contributed by atoms with Crippen LogP contribution in [-0.4, -0.2) is 16.7 Å². The molecule has 0 saturated carbocycles. The van der Waals surface area contributed by atoms with Gasteiger partial charge in [0.15, 0.2) is 0 Å². The molecule has 2 rings (SSSR count). The van der Waals surface area contributed by atoms with Crippen molar-refractivity contribution in [2.24, 2.45) is 0 Å². The maximum atomic E-state index is 12.3. The van der Waals surface area contributed by atoms with Crippen molar-refractivity contribution in [2.45, 2.75) is 19.6 Å². The number of hydrogen-bond donors (Lipinski definition) is 1. The molecule has 0 aliphatic heterocycles. The van der Waals surface area contributed by atoms with Crippen molar-refractivity contribution in [1.29, 1.82) is 0 Å². The topological polar surface area (TPSA) is 42.4 Å². The summed E-state index contributed by atoms with van der Waals surface area (Å²) in [6.45, 7) is -1.11. The van der Waals surface area contributed by atoms with Gasteiger partial charge in [0.2, 0.25) is 0 Å². The standard InChI is InChI=1S/C14H13F2NO2/c1-9-6-7-17-8-11(9)13(18)10-4-2-3-5-12(10)19-14(15)16/h2-8,13-14,18H,1H3. The molecular formula is C14H13F2NO2. The maximum absolute atomic E-state index is 12.3. The number of para-hydroxylation sites is 1. The van der Waals surface area contributed by atoms with Crippen LogP contribution < -0.4 is 4.74 Å². The van der Waals surface area contributed by atoms with Gasteiger partial charge in [0.25, 0.3) is 0 Å². The monoisotopic (exact) mass is 265 g/mol. The third-order valence-electron chi connectivity index (χ3n) is 2.80. The molecule has 1 atom stereocenters. The summed E-state index contributed by atoms with van der Waals surface area (Å²) in [5.74, 6) is -0.0340. The Bertz CT molecular complexity index is 561. The average molecular weight is 265 g/mol. The lowest BCUT2D eigenvalue weighted by Gasteiger charge is -2.17. The summed E-state index contributed by atoms with van der Waals surface area (Å²) in [4.78, 5) is 3.93. The predicted molar refractivity (Wildman–Crippen MR) is 66.1 cm³/mol. The summed E-state index contributed by atoms with van der Waals surface area (Å²) in [5, 5.41) is 10.3. The lowest BCUT2D eigenvalue weighted by Crippen LogP contribution is -2.08. The number of aryl methyl sites for hydroxylation is 1. The largest absolute Gasteiger partial charge is 0.434 e. The number of halogens is 2. The van der Waals surface area contributed by atoms with Crippen LogP contribution in [0.5, 0.6) is 5.75 Å². The number of nitrogens with zero attached hydrogens (tertiary/aromatic N) is 1. The molecule has 0 radical (unpaired) electrons. The lowest BCUT2D eigenvalue weighted by molar-refractivity contribution is -0.0512. The van der Waals surface area contributed by atoms with Crippen molar-refractivity contribution in [3.8, 4) is 5.75 Å². The van der Waals surface area contributed by atoms with Crippen LogP contribution in [0.1, 0.15) is 22.8 Å². The molecule has 2 aromatic rings. The van der Waals surface area contributed by atoms with Crippen LogP contribution in [-0.2, 0) is 0 Å². The first kappa shape index (κ1) is 13.4. The molecule has 1 unspecified atom stereocenters. The number of ether oxygens (including phenoxy) is 1. The Balaban J connectivity index is 2.39. The SMILES string of the molecule is Cc1ccncc1C(O)c1ccccc1OC(F)F. The lowest BCUT2D eigenvalue weighted by atomic mass is 9.99. The van der Waals surface area contributed by atoms with E-state index in [1.54, 1.807) is 30.5 Å². The molecule has 1 heterocycles. The van der Waals surface area contributed by atoms with E-state index < -0.39 is 12.7 Å². The van der Waals surface area contributed by atoms with E-state index >= 15 is 0 Å². The molecule has 0 aliphatic rings. The second-order valence-corrected chi connectivity index (χ2v) is 4.05. The average Bonchev–Trinajstić information content (AvgIpc) is 2.38. The van der Waals surface area contributed by atoms with Crippen LogP contribution in [0.25, 0.3) is 0 Å². The molecule has 0 spiro atoms. The molecule has 0 amide bonds. The summed E-state index contributed by atoms with van der Waals surface area (Å²) >= 11 is 0. The van der Waals surface area contributed by atoms with E-state index in [0.717, 1.165) is 5.56 Å². The van der Waals surface area contributed by atoms with Gasteiger partial charge in [-0.3, -0.25) is 4.98 Å². The van der Waals surface area contributed by atoms with E-state index in [9.17, 15) is 13.9 Å². The number of rotatable bonds is 4. The molecule has 0 bridgehead atoms. The summed E-state index contributed by atoms with van der Waals surface area (Å²) in [5.41, 5.74) is 1.68. The molecular weight excluding hydrogens is 252 g/mol. The molecule has 1 N–H and O–H groups in total. The highest BCUT2D eigenvalue weighted by Gasteiger charge is 2.19. The molecule has 1 aromatic carbocycles. The van der Waals surface area contributed by atoms with Crippen molar-refractivity contribution in [1.82, 2.24) is 4.98 Å². The minimum atomic E-state index is -2.93. The van der Waals surface area contributed by atoms with Crippen LogP contribution in [0.2, 0.25) is 0 Å². The minimum Gasteiger partial charge on any atom is -0.434 e. The van der Waals surface area contributed by atoms with Crippen molar-refractivity contribution in [3.63, 3.8) is 0 Å². The molecule has 19 heavy (non-hydrogen) atoms. The van der Waals surface area contributed by atoms with E-state index in [-0.39, 0.29) is 5.75 Å². The van der Waals surface area contributed by atoms with Gasteiger partial charge in [0, 0.05) is 23.5 Å². The van der Waals surface area contributed by atoms with Crippen LogP contribution in [0, 0.1) is 6.92 Å². The zero-order chi connectivity index (χ0) is 13.8. The number of pyridine rings is 1. The van der Waals surface area contributed by atoms with E-state index in [4.69, 9.17) is 0 Å². The first-order valence-corrected chi connectivity index (χ1v) is 5.72. The van der Waals surface area contributed by atoms with Crippen LogP contribution in [0.15, 0.2) is 42.7 Å². The summed E-state index contributed by atoms with van der Waals surface area (Å²) < 4.78 is 29.1. The van der Waals surface area contributed by atoms with Crippen LogP contribution in [0.3, 0.4) is 0 Å². The van der Waals surface area contributed by atoms with Crippen molar-refractivity contribution in [2.75, 3.05) is 0 Å². The van der Waals surface area contributed by atoms with Gasteiger partial charge in [-0.05, 0) is 24.6 Å². The van der Waals surface area contributed by atoms with E-state index in [0.29, 0.717) is 11.1 Å². The maximum Gasteiger partial charge on any atom is 0.387 e. The smallest absolute Gasteiger partial charge is 0.387 e. The van der Waals surface area contributed by atoms with Crippen LogP contribution >= 0.6 is 0 Å². The fourth-order valence-electron chi connectivity index (χ4n) is 1.84. The number of benzene rings is 1. The Morgan fingerprint density at radius 3 is 2.58 bits per heavy atom. The first-order chi connectivity index (χ1) is 9.09. The third-order valence-corrected chi connectivity index (χ3v) is 2.80. The van der Waals surface area contributed by atoms with Crippen molar-refractivity contribution < 1.29 is 18.6 Å². The Morgan fingerprint density at radius 2 is 1.89 bits per heavy atom. The predicted octanol–water partition coefficient (Wildman–Crippen LogP) is 3.07. The van der Waals surface area contributed by atoms with E-state index in [1.807, 2.05) is 6.92 Å². The highest BCUT2D eigenvalue weighted by molar-refractivity contribution is 5.41. The molecule has 0 aliphatic carbocycles. The van der Waals surface area contributed by atoms with Gasteiger partial charge in [0.05, 0.1) is 0 Å². The normalized spacial score (nSPS) is 12.5. The zero-order valence-corrected chi connectivity index (χ0v) is 10.3. The molecule has 5 heteroatoms. The summed E-state index contributed by atoms with van der Waals surface area (Å²) in [6.07, 6.45) is 2.07. The summed E-state index contributed by atoms with van der Waals surface area (Å²) in [6, 6.07) is 7.92. The number of aliphatic hydroxyl groups is 1. The van der Waals surface area contributed by atoms with E-state index in [1.165, 1.54) is 12.3 Å². The molecule has 0 fully saturated rings. The van der Waals surface area contributed by atoms with Crippen LogP contribution in [0.4, 0.5) is 8.78 Å². The first-order valence-electron chi connectivity index (χ1n) is 5.72. The van der Waals surface area contributed by atoms with Crippen molar-refractivity contribution >= 4 is 0 Å². The molecule has 1 aromatic heterocycles. The minimum absolute atomic E-state index is 0.0340. The highest BCUT2D eigenvalue weighted by atomic mass is 19.3. The molecule has 100 valence electrons. The second kappa shape index (κ2) is 5.75. The van der Waals surface area contributed by atoms with Gasteiger partial charge in [-0.25, -0.2) is 0 Å². The van der Waals surface area contributed by atoms with Gasteiger partial charge in [-0.15, -0.1) is 0 Å². The Labute approximate surface area is 109 Å². The second-order valence-electron chi connectivity index (χ2n) is 4.05. The highest BCUT2D eigenvalue weighted by Crippen LogP contribution is 2.31. The van der Waals surface area contributed by atoms with Gasteiger partial charge in [0.1, 0.15) is 11.9 Å². The molecule has 0 saturated heterocycles. The summed E-state index contributed by atoms with van der Waals surface area (Å²) in [7, 11) is 0. The van der Waals surface area contributed by atoms with E-state index in [2.05, 4.69) is 9.72 Å². The number of alkyl halides is 2. The van der Waals surface area contributed by atoms with Gasteiger partial charge in [-0.2, -0.15) is 8.78 Å².